The van der Waals surface area contributed by atoms with Crippen molar-refractivity contribution in [1.29, 1.82) is 0 Å². The van der Waals surface area contributed by atoms with Crippen molar-refractivity contribution in [3.63, 3.8) is 0 Å². The van der Waals surface area contributed by atoms with Gasteiger partial charge in [0.1, 0.15) is 6.04 Å². The monoisotopic (exact) mass is 740 g/mol. The molecule has 1 aliphatic heterocycles. The van der Waals surface area contributed by atoms with Crippen LogP contribution in [0.4, 0.5) is 0 Å². The molecule has 274 valence electrons. The van der Waals surface area contributed by atoms with Crippen LogP contribution in [0.25, 0.3) is 65.7 Å². The van der Waals surface area contributed by atoms with Gasteiger partial charge in [-0.25, -0.2) is 4.99 Å². The normalized spacial score (nSPS) is 15.6. The fourth-order valence-corrected chi connectivity index (χ4v) is 9.47. The molecule has 1 atom stereocenters. The molecule has 0 spiro atoms. The first kappa shape index (κ1) is 34.1. The van der Waals surface area contributed by atoms with E-state index in [0.29, 0.717) is 5.84 Å². The van der Waals surface area contributed by atoms with Gasteiger partial charge in [0, 0.05) is 22.1 Å². The van der Waals surface area contributed by atoms with Gasteiger partial charge < -0.3 is 0 Å². The Bertz CT molecular complexity index is 3160. The van der Waals surface area contributed by atoms with Crippen LogP contribution in [-0.2, 0) is 5.41 Å². The van der Waals surface area contributed by atoms with Gasteiger partial charge in [-0.3, -0.25) is 4.99 Å². The lowest BCUT2D eigenvalue weighted by molar-refractivity contribution is 0.660. The van der Waals surface area contributed by atoms with E-state index in [1.54, 1.807) is 0 Å². The summed E-state index contributed by atoms with van der Waals surface area (Å²) in [4.78, 5) is 10.6. The molecular formula is C56H40N2. The molecule has 0 N–H and O–H groups in total. The van der Waals surface area contributed by atoms with Crippen LogP contribution in [0.5, 0.6) is 0 Å². The molecule has 0 amide bonds. The van der Waals surface area contributed by atoms with Crippen LogP contribution in [0.3, 0.4) is 0 Å². The van der Waals surface area contributed by atoms with Gasteiger partial charge in [-0.05, 0) is 101 Å². The Labute approximate surface area is 339 Å². The summed E-state index contributed by atoms with van der Waals surface area (Å²) in [5, 5.41) is 7.49. The number of hydrogen-bond acceptors (Lipinski definition) is 2. The molecule has 0 saturated carbocycles. The van der Waals surface area contributed by atoms with Crippen LogP contribution in [0.15, 0.2) is 210 Å². The average Bonchev–Trinajstić information content (AvgIpc) is 3.52. The predicted molar refractivity (Wildman–Crippen MR) is 245 cm³/mol. The third kappa shape index (κ3) is 5.40. The van der Waals surface area contributed by atoms with E-state index in [1.807, 2.05) is 6.07 Å². The first-order chi connectivity index (χ1) is 28.4. The van der Waals surface area contributed by atoms with Crippen molar-refractivity contribution in [2.45, 2.75) is 25.3 Å². The first-order valence-electron chi connectivity index (χ1n) is 20.1. The summed E-state index contributed by atoms with van der Waals surface area (Å²) in [6, 6.07) is 67.7. The van der Waals surface area contributed by atoms with Crippen LogP contribution in [0.1, 0.15) is 47.7 Å². The molecule has 2 nitrogen and oxygen atoms in total. The van der Waals surface area contributed by atoms with Crippen LogP contribution in [0, 0.1) is 0 Å². The zero-order chi connectivity index (χ0) is 39.0. The van der Waals surface area contributed by atoms with Gasteiger partial charge in [0.2, 0.25) is 0 Å². The van der Waals surface area contributed by atoms with Gasteiger partial charge in [-0.2, -0.15) is 0 Å². The number of rotatable bonds is 5. The quantitative estimate of drug-likeness (QED) is 0.157. The number of amidine groups is 1. The van der Waals surface area contributed by atoms with Crippen molar-refractivity contribution < 1.29 is 0 Å². The van der Waals surface area contributed by atoms with E-state index in [2.05, 4.69) is 202 Å². The van der Waals surface area contributed by atoms with Gasteiger partial charge >= 0.3 is 0 Å². The van der Waals surface area contributed by atoms with E-state index in [0.717, 1.165) is 39.1 Å². The van der Waals surface area contributed by atoms with Gasteiger partial charge in [-0.15, -0.1) is 0 Å². The molecule has 0 fully saturated rings. The third-order valence-corrected chi connectivity index (χ3v) is 12.5. The molecule has 0 aromatic heterocycles. The summed E-state index contributed by atoms with van der Waals surface area (Å²) in [7, 11) is 0. The highest BCUT2D eigenvalue weighted by Crippen LogP contribution is 2.49. The second-order valence-corrected chi connectivity index (χ2v) is 16.2. The van der Waals surface area contributed by atoms with Crippen molar-refractivity contribution in [3.05, 3.63) is 228 Å². The number of aliphatic imine (C=N–C) groups is 2. The molecule has 0 saturated heterocycles. The van der Waals surface area contributed by atoms with Gasteiger partial charge in [0.05, 0.1) is 5.71 Å². The van der Waals surface area contributed by atoms with Crippen molar-refractivity contribution >= 4 is 43.9 Å². The van der Waals surface area contributed by atoms with Gasteiger partial charge in [0.15, 0.2) is 5.84 Å². The Morgan fingerprint density at radius 1 is 0.414 bits per heavy atom. The summed E-state index contributed by atoms with van der Waals surface area (Å²) in [5.74, 6) is 0.708. The lowest BCUT2D eigenvalue weighted by atomic mass is 9.81. The molecule has 0 bridgehead atoms. The number of hydrogen-bond donors (Lipinski definition) is 0. The highest BCUT2D eigenvalue weighted by Gasteiger charge is 2.35. The maximum Gasteiger partial charge on any atom is 0.156 e. The Balaban J connectivity index is 0.974. The summed E-state index contributed by atoms with van der Waals surface area (Å²) in [6.45, 7) is 9.32. The fraction of sp³-hybridized carbons (Fsp3) is 0.0714. The van der Waals surface area contributed by atoms with Gasteiger partial charge in [0.25, 0.3) is 0 Å². The van der Waals surface area contributed by atoms with Crippen molar-refractivity contribution in [1.82, 2.24) is 0 Å². The SMILES string of the molecule is C=C1C(c2ccccc2)=NC(c2cccc(-c3ccc(-c4ccc5c(c4)C(C)(C)c4ccccc4-5)cc3)c2)=NC1c1ccc2c3ccccc3c3ccccc3c2c1. The second kappa shape index (κ2) is 13.2. The Morgan fingerprint density at radius 2 is 0.948 bits per heavy atom. The van der Waals surface area contributed by atoms with Crippen molar-refractivity contribution in [2.24, 2.45) is 9.98 Å². The molecule has 9 aromatic carbocycles. The molecule has 58 heavy (non-hydrogen) atoms. The zero-order valence-corrected chi connectivity index (χ0v) is 32.6. The fourth-order valence-electron chi connectivity index (χ4n) is 9.47. The van der Waals surface area contributed by atoms with Crippen molar-refractivity contribution in [2.75, 3.05) is 0 Å². The summed E-state index contributed by atoms with van der Waals surface area (Å²) in [5.41, 5.74) is 15.0. The molecule has 0 radical (unpaired) electrons. The molecule has 9 aromatic rings. The Hall–Kier alpha value is -7.16. The van der Waals surface area contributed by atoms with E-state index in [-0.39, 0.29) is 11.5 Å². The predicted octanol–water partition coefficient (Wildman–Crippen LogP) is 14.3. The van der Waals surface area contributed by atoms with Gasteiger partial charge in [-0.1, -0.05) is 190 Å². The lowest BCUT2D eigenvalue weighted by Crippen LogP contribution is -2.20. The average molecular weight is 741 g/mol. The smallest absolute Gasteiger partial charge is 0.156 e. The highest BCUT2D eigenvalue weighted by atomic mass is 15.0. The minimum absolute atomic E-state index is 0.0318. The van der Waals surface area contributed by atoms with Crippen LogP contribution in [0.2, 0.25) is 0 Å². The topological polar surface area (TPSA) is 24.7 Å². The Morgan fingerprint density at radius 3 is 1.66 bits per heavy atom. The lowest BCUT2D eigenvalue weighted by Gasteiger charge is -2.24. The summed E-state index contributed by atoms with van der Waals surface area (Å²) < 4.78 is 0. The Kier molecular flexibility index (Phi) is 7.78. The van der Waals surface area contributed by atoms with Crippen LogP contribution >= 0.6 is 0 Å². The van der Waals surface area contributed by atoms with E-state index < -0.39 is 0 Å². The molecule has 11 rings (SSSR count). The molecule has 2 heteroatoms. The van der Waals surface area contributed by atoms with Crippen molar-refractivity contribution in [3.8, 4) is 33.4 Å². The molecule has 2 aliphatic rings. The molecule has 1 heterocycles. The minimum Gasteiger partial charge on any atom is -0.253 e. The third-order valence-electron chi connectivity index (χ3n) is 12.5. The zero-order valence-electron chi connectivity index (χ0n) is 32.6. The van der Waals surface area contributed by atoms with E-state index >= 15 is 0 Å². The van der Waals surface area contributed by atoms with Crippen LogP contribution in [-0.4, -0.2) is 11.5 Å². The second-order valence-electron chi connectivity index (χ2n) is 16.2. The van der Waals surface area contributed by atoms with E-state index in [1.165, 1.54) is 65.7 Å². The number of fused-ring (bicyclic) bond motifs is 9. The standard InChI is InChI=1S/C56H40N2/c1-35-53(38-14-5-4-6-15-38)57-55(58-54(35)41-29-30-47-45-20-8-7-18-43(45)44-19-9-10-21-46(44)50(47)33-41)42-17-13-16-39(32-42)36-24-26-37(27-25-36)40-28-31-49-48-22-11-12-23-51(48)56(2,3)52(49)34-40/h4-34,54H,1H2,2-3H3. The maximum absolute atomic E-state index is 5.40. The molecular weight excluding hydrogens is 701 g/mol. The first-order valence-corrected chi connectivity index (χ1v) is 20.1. The summed E-state index contributed by atoms with van der Waals surface area (Å²) >= 11 is 0. The number of benzene rings is 9. The van der Waals surface area contributed by atoms with E-state index in [9.17, 15) is 0 Å². The maximum atomic E-state index is 5.40. The minimum atomic E-state index is -0.301. The highest BCUT2D eigenvalue weighted by molar-refractivity contribution is 6.26. The molecule has 1 aliphatic carbocycles. The largest absolute Gasteiger partial charge is 0.253 e. The molecule has 1 unspecified atom stereocenters. The summed E-state index contributed by atoms with van der Waals surface area (Å²) in [6.07, 6.45) is 0. The van der Waals surface area contributed by atoms with E-state index in [4.69, 9.17) is 9.98 Å². The van der Waals surface area contributed by atoms with Crippen LogP contribution < -0.4 is 0 Å². The number of nitrogens with zero attached hydrogens (tertiary/aromatic N) is 2.